The van der Waals surface area contributed by atoms with E-state index in [1.807, 2.05) is 31.1 Å². The van der Waals surface area contributed by atoms with Crippen LogP contribution in [0.4, 0.5) is 5.82 Å². The summed E-state index contributed by atoms with van der Waals surface area (Å²) >= 11 is 6.17. The number of aromatic nitrogens is 2. The molecule has 38 heavy (non-hydrogen) atoms. The van der Waals surface area contributed by atoms with E-state index in [9.17, 15) is 8.42 Å². The fourth-order valence-corrected chi connectivity index (χ4v) is 5.16. The van der Waals surface area contributed by atoms with Crippen LogP contribution in [0.25, 0.3) is 11.0 Å². The molecule has 9 nitrogen and oxygen atoms in total. The molecule has 200 valence electrons. The Morgan fingerprint density at radius 3 is 2.55 bits per heavy atom. The van der Waals surface area contributed by atoms with Crippen LogP contribution in [0.5, 0.6) is 17.2 Å². The van der Waals surface area contributed by atoms with Crippen molar-refractivity contribution in [3.8, 4) is 17.2 Å². The lowest BCUT2D eigenvalue weighted by molar-refractivity contribution is 0.249. The highest BCUT2D eigenvalue weighted by Crippen LogP contribution is 2.32. The lowest BCUT2D eigenvalue weighted by atomic mass is 10.2. The van der Waals surface area contributed by atoms with Gasteiger partial charge in [0.15, 0.2) is 23.1 Å². The van der Waals surface area contributed by atoms with E-state index in [0.717, 1.165) is 12.1 Å². The molecular formula is C27H29ClN4O5S. The van der Waals surface area contributed by atoms with Crippen molar-refractivity contribution in [3.05, 3.63) is 76.9 Å². The first-order valence-electron chi connectivity index (χ1n) is 11.8. The maximum absolute atomic E-state index is 13.3. The second-order valence-corrected chi connectivity index (χ2v) is 10.8. The Morgan fingerprint density at radius 1 is 0.974 bits per heavy atom. The molecule has 0 fully saturated rings. The van der Waals surface area contributed by atoms with Crippen molar-refractivity contribution in [2.75, 3.05) is 39.1 Å². The summed E-state index contributed by atoms with van der Waals surface area (Å²) in [6.45, 7) is 3.00. The fraction of sp³-hybridized carbons (Fsp3) is 0.259. The van der Waals surface area contributed by atoms with E-state index in [-0.39, 0.29) is 23.1 Å². The molecule has 0 unspecified atom stereocenters. The quantitative estimate of drug-likeness (QED) is 0.278. The SMILES string of the molecule is COc1ccc(COc2cc3ncccc3nc2NS(=O)(=O)c2cccc(Cl)c2C)cc1OCCN(C)C. The summed E-state index contributed by atoms with van der Waals surface area (Å²) in [7, 11) is 1.51. The number of methoxy groups -OCH3 is 1. The first-order valence-corrected chi connectivity index (χ1v) is 13.6. The smallest absolute Gasteiger partial charge is 0.263 e. The van der Waals surface area contributed by atoms with Gasteiger partial charge in [0.05, 0.1) is 23.0 Å². The van der Waals surface area contributed by atoms with Crippen LogP contribution in [-0.4, -0.2) is 57.6 Å². The largest absolute Gasteiger partial charge is 0.493 e. The number of hydrogen-bond acceptors (Lipinski definition) is 8. The van der Waals surface area contributed by atoms with Gasteiger partial charge in [-0.25, -0.2) is 13.4 Å². The Labute approximate surface area is 227 Å². The summed E-state index contributed by atoms with van der Waals surface area (Å²) in [6.07, 6.45) is 1.63. The molecule has 0 atom stereocenters. The molecule has 2 aromatic heterocycles. The topological polar surface area (TPSA) is 103 Å². The first kappa shape index (κ1) is 27.4. The lowest BCUT2D eigenvalue weighted by Crippen LogP contribution is -2.19. The number of pyridine rings is 2. The molecule has 4 aromatic rings. The molecule has 0 spiro atoms. The number of ether oxygens (including phenoxy) is 3. The van der Waals surface area contributed by atoms with Gasteiger partial charge in [0, 0.05) is 23.8 Å². The highest BCUT2D eigenvalue weighted by atomic mass is 35.5. The number of fused-ring (bicyclic) bond motifs is 1. The summed E-state index contributed by atoms with van der Waals surface area (Å²) < 4.78 is 46.5. The summed E-state index contributed by atoms with van der Waals surface area (Å²) in [6, 6.07) is 15.3. The number of benzene rings is 2. The first-order chi connectivity index (χ1) is 18.2. The lowest BCUT2D eigenvalue weighted by Gasteiger charge is -2.16. The van der Waals surface area contributed by atoms with Crippen LogP contribution < -0.4 is 18.9 Å². The van der Waals surface area contributed by atoms with Gasteiger partial charge < -0.3 is 19.1 Å². The number of anilines is 1. The zero-order valence-electron chi connectivity index (χ0n) is 21.6. The molecule has 1 N–H and O–H groups in total. The predicted octanol–water partition coefficient (Wildman–Crippen LogP) is 4.92. The van der Waals surface area contributed by atoms with Crippen LogP contribution >= 0.6 is 11.6 Å². The Balaban J connectivity index is 1.63. The van der Waals surface area contributed by atoms with Crippen molar-refractivity contribution in [3.63, 3.8) is 0 Å². The molecule has 4 rings (SSSR count). The highest BCUT2D eigenvalue weighted by molar-refractivity contribution is 7.92. The third-order valence-corrected chi connectivity index (χ3v) is 7.60. The molecule has 0 radical (unpaired) electrons. The van der Waals surface area contributed by atoms with Gasteiger partial charge >= 0.3 is 0 Å². The van der Waals surface area contributed by atoms with Gasteiger partial charge in [-0.15, -0.1) is 0 Å². The maximum atomic E-state index is 13.3. The number of hydrogen-bond donors (Lipinski definition) is 1. The predicted molar refractivity (Wildman–Crippen MR) is 148 cm³/mol. The molecule has 0 aliphatic rings. The second kappa shape index (κ2) is 11.8. The van der Waals surface area contributed by atoms with Gasteiger partial charge in [0.2, 0.25) is 0 Å². The van der Waals surface area contributed by atoms with Crippen molar-refractivity contribution >= 4 is 38.5 Å². The molecule has 11 heteroatoms. The number of likely N-dealkylation sites (N-methyl/N-ethyl adjacent to an activating group) is 1. The normalized spacial score (nSPS) is 11.5. The van der Waals surface area contributed by atoms with Gasteiger partial charge in [-0.2, -0.15) is 0 Å². The van der Waals surface area contributed by atoms with E-state index >= 15 is 0 Å². The Kier molecular flexibility index (Phi) is 8.55. The number of nitrogens with one attached hydrogen (secondary N) is 1. The molecule has 0 aliphatic heterocycles. The number of nitrogens with zero attached hydrogens (tertiary/aromatic N) is 3. The van der Waals surface area contributed by atoms with E-state index in [1.54, 1.807) is 56.6 Å². The van der Waals surface area contributed by atoms with Crippen LogP contribution in [0.2, 0.25) is 5.02 Å². The average molecular weight is 557 g/mol. The Hall–Kier alpha value is -3.60. The summed E-state index contributed by atoms with van der Waals surface area (Å²) in [5.74, 6) is 1.46. The molecule has 0 saturated carbocycles. The number of sulfonamides is 1. The highest BCUT2D eigenvalue weighted by Gasteiger charge is 2.22. The Morgan fingerprint density at radius 2 is 1.79 bits per heavy atom. The van der Waals surface area contributed by atoms with Crippen molar-refractivity contribution in [2.24, 2.45) is 0 Å². The van der Waals surface area contributed by atoms with Gasteiger partial charge in [-0.05, 0) is 68.5 Å². The van der Waals surface area contributed by atoms with Crippen LogP contribution in [0, 0.1) is 6.92 Å². The third kappa shape index (κ3) is 6.45. The number of halogens is 1. The van der Waals surface area contributed by atoms with E-state index < -0.39 is 10.0 Å². The molecule has 0 saturated heterocycles. The van der Waals surface area contributed by atoms with Crippen molar-refractivity contribution in [1.82, 2.24) is 14.9 Å². The van der Waals surface area contributed by atoms with Gasteiger partial charge in [-0.3, -0.25) is 9.71 Å². The molecule has 2 heterocycles. The zero-order valence-corrected chi connectivity index (χ0v) is 23.1. The van der Waals surface area contributed by atoms with E-state index in [2.05, 4.69) is 14.7 Å². The van der Waals surface area contributed by atoms with Crippen LogP contribution in [0.15, 0.2) is 65.7 Å². The molecular weight excluding hydrogens is 528 g/mol. The third-order valence-electron chi connectivity index (χ3n) is 5.71. The van der Waals surface area contributed by atoms with E-state index in [1.165, 1.54) is 6.07 Å². The van der Waals surface area contributed by atoms with E-state index in [0.29, 0.717) is 39.7 Å². The molecule has 2 aromatic carbocycles. The minimum Gasteiger partial charge on any atom is -0.493 e. The minimum absolute atomic E-state index is 0.0424. The van der Waals surface area contributed by atoms with Crippen molar-refractivity contribution in [1.29, 1.82) is 0 Å². The van der Waals surface area contributed by atoms with Gasteiger partial charge in [0.1, 0.15) is 13.2 Å². The minimum atomic E-state index is -4.01. The van der Waals surface area contributed by atoms with Crippen molar-refractivity contribution < 1.29 is 22.6 Å². The van der Waals surface area contributed by atoms with Crippen LogP contribution in [-0.2, 0) is 16.6 Å². The monoisotopic (exact) mass is 556 g/mol. The number of rotatable bonds is 11. The zero-order chi connectivity index (χ0) is 27.3. The van der Waals surface area contributed by atoms with Gasteiger partial charge in [-0.1, -0.05) is 23.7 Å². The second-order valence-electron chi connectivity index (χ2n) is 8.77. The summed E-state index contributed by atoms with van der Waals surface area (Å²) in [5, 5.41) is 0.350. The molecule has 0 aliphatic carbocycles. The average Bonchev–Trinajstić information content (AvgIpc) is 2.88. The maximum Gasteiger partial charge on any atom is 0.263 e. The summed E-state index contributed by atoms with van der Waals surface area (Å²) in [5.41, 5.74) is 2.31. The van der Waals surface area contributed by atoms with E-state index in [4.69, 9.17) is 25.8 Å². The Bertz CT molecular complexity index is 1550. The van der Waals surface area contributed by atoms with Crippen LogP contribution in [0.3, 0.4) is 0 Å². The summed E-state index contributed by atoms with van der Waals surface area (Å²) in [4.78, 5) is 10.9. The van der Waals surface area contributed by atoms with Crippen molar-refractivity contribution in [2.45, 2.75) is 18.4 Å². The molecule has 0 bridgehead atoms. The van der Waals surface area contributed by atoms with Gasteiger partial charge in [0.25, 0.3) is 10.0 Å². The molecule has 0 amide bonds. The fourth-order valence-electron chi connectivity index (χ4n) is 3.65. The van der Waals surface area contributed by atoms with Crippen LogP contribution in [0.1, 0.15) is 11.1 Å². The standard InChI is InChI=1S/C27H29ClN4O5S/c1-18-20(28)7-5-9-26(18)38(33,34)31-27-25(16-22-21(30-27)8-6-12-29-22)37-17-19-10-11-23(35-4)24(15-19)36-14-13-32(2)3/h5-12,15-16H,13-14,17H2,1-4H3,(H,30,31).